The van der Waals surface area contributed by atoms with E-state index in [1.54, 1.807) is 31.3 Å². The van der Waals surface area contributed by atoms with Crippen LogP contribution in [0.1, 0.15) is 6.42 Å². The third kappa shape index (κ3) is 4.50. The molecule has 0 aliphatic carbocycles. The fourth-order valence-corrected chi connectivity index (χ4v) is 4.26. The number of ether oxygens (including phenoxy) is 2. The molecule has 8 heteroatoms. The molecule has 1 unspecified atom stereocenters. The van der Waals surface area contributed by atoms with Gasteiger partial charge in [-0.3, -0.25) is 9.59 Å². The molecule has 170 valence electrons. The number of hydrogen-bond donors (Lipinski definition) is 1. The van der Waals surface area contributed by atoms with E-state index in [2.05, 4.69) is 22.2 Å². The smallest absolute Gasteiger partial charge is 0.229 e. The topological polar surface area (TPSA) is 74.4 Å². The molecule has 2 aliphatic rings. The van der Waals surface area contributed by atoms with E-state index >= 15 is 0 Å². The van der Waals surface area contributed by atoms with E-state index in [0.717, 1.165) is 37.6 Å². The van der Waals surface area contributed by atoms with Crippen LogP contribution < -0.4 is 24.6 Å². The zero-order valence-electron chi connectivity index (χ0n) is 18.8. The van der Waals surface area contributed by atoms with Crippen molar-refractivity contribution in [3.8, 4) is 11.5 Å². The lowest BCUT2D eigenvalue weighted by atomic mass is 10.1. The molecule has 2 saturated heterocycles. The number of carbonyl (C=O) groups is 2. The minimum atomic E-state index is -0.420. The average Bonchev–Trinajstić information content (AvgIpc) is 3.21. The van der Waals surface area contributed by atoms with Gasteiger partial charge in [-0.1, -0.05) is 12.1 Å². The molecule has 0 spiro atoms. The summed E-state index contributed by atoms with van der Waals surface area (Å²) in [5.74, 6) is 0.508. The summed E-state index contributed by atoms with van der Waals surface area (Å²) in [7, 11) is 5.24. The number of anilines is 3. The van der Waals surface area contributed by atoms with Crippen molar-refractivity contribution in [2.24, 2.45) is 5.92 Å². The highest BCUT2D eigenvalue weighted by Gasteiger charge is 2.36. The molecular weight excluding hydrogens is 408 g/mol. The number of para-hydroxylation sites is 2. The Balaban J connectivity index is 1.46. The normalized spacial score (nSPS) is 19.2. The monoisotopic (exact) mass is 438 g/mol. The van der Waals surface area contributed by atoms with Crippen LogP contribution in [0, 0.1) is 5.92 Å². The summed E-state index contributed by atoms with van der Waals surface area (Å²) in [4.78, 5) is 32.0. The molecule has 1 N–H and O–H groups in total. The number of methoxy groups -OCH3 is 2. The van der Waals surface area contributed by atoms with E-state index in [1.165, 1.54) is 0 Å². The van der Waals surface area contributed by atoms with Gasteiger partial charge in [0.25, 0.3) is 0 Å². The van der Waals surface area contributed by atoms with Gasteiger partial charge in [-0.15, -0.1) is 0 Å². The van der Waals surface area contributed by atoms with Crippen molar-refractivity contribution in [3.05, 3.63) is 42.5 Å². The Morgan fingerprint density at radius 2 is 1.72 bits per heavy atom. The van der Waals surface area contributed by atoms with Crippen LogP contribution in [0.4, 0.5) is 17.1 Å². The molecule has 0 saturated carbocycles. The fourth-order valence-electron chi connectivity index (χ4n) is 4.26. The summed E-state index contributed by atoms with van der Waals surface area (Å²) in [6.07, 6.45) is 0.177. The largest absolute Gasteiger partial charge is 0.493 e. The van der Waals surface area contributed by atoms with Gasteiger partial charge in [-0.2, -0.15) is 0 Å². The lowest BCUT2D eigenvalue weighted by Gasteiger charge is -2.35. The molecule has 0 bridgehead atoms. The lowest BCUT2D eigenvalue weighted by Crippen LogP contribution is -2.44. The second-order valence-corrected chi connectivity index (χ2v) is 8.24. The van der Waals surface area contributed by atoms with Gasteiger partial charge in [0, 0.05) is 50.9 Å². The fraction of sp³-hybridized carbons (Fsp3) is 0.417. The third-order valence-electron chi connectivity index (χ3n) is 6.18. The molecule has 2 aliphatic heterocycles. The minimum Gasteiger partial charge on any atom is -0.493 e. The summed E-state index contributed by atoms with van der Waals surface area (Å²) >= 11 is 0. The molecule has 1 atom stereocenters. The maximum atomic E-state index is 13.1. The van der Waals surface area contributed by atoms with E-state index < -0.39 is 5.92 Å². The SMILES string of the molecule is COc1ccc(N2CC(C(=O)Nc3ccccc3N3CCN(C)CC3)CC2=O)cc1OC. The Kier molecular flexibility index (Phi) is 6.50. The van der Waals surface area contributed by atoms with Crippen molar-refractivity contribution in [2.45, 2.75) is 6.42 Å². The van der Waals surface area contributed by atoms with Gasteiger partial charge in [-0.25, -0.2) is 0 Å². The summed E-state index contributed by atoms with van der Waals surface area (Å²) in [5, 5.41) is 3.08. The second kappa shape index (κ2) is 9.48. The molecule has 2 heterocycles. The predicted octanol–water partition coefficient (Wildman–Crippen LogP) is 2.45. The van der Waals surface area contributed by atoms with Gasteiger partial charge in [-0.05, 0) is 31.3 Å². The third-order valence-corrected chi connectivity index (χ3v) is 6.18. The van der Waals surface area contributed by atoms with Crippen LogP contribution in [-0.4, -0.2) is 70.7 Å². The Morgan fingerprint density at radius 1 is 1.00 bits per heavy atom. The van der Waals surface area contributed by atoms with Crippen LogP contribution in [0.5, 0.6) is 11.5 Å². The van der Waals surface area contributed by atoms with Crippen molar-refractivity contribution < 1.29 is 19.1 Å². The van der Waals surface area contributed by atoms with Crippen LogP contribution in [0.15, 0.2) is 42.5 Å². The van der Waals surface area contributed by atoms with Crippen molar-refractivity contribution in [1.82, 2.24) is 4.90 Å². The van der Waals surface area contributed by atoms with Gasteiger partial charge >= 0.3 is 0 Å². The molecule has 32 heavy (non-hydrogen) atoms. The van der Waals surface area contributed by atoms with Crippen molar-refractivity contribution in [3.63, 3.8) is 0 Å². The van der Waals surface area contributed by atoms with Gasteiger partial charge in [0.15, 0.2) is 11.5 Å². The van der Waals surface area contributed by atoms with Crippen molar-refractivity contribution in [1.29, 1.82) is 0 Å². The van der Waals surface area contributed by atoms with E-state index in [1.807, 2.05) is 30.3 Å². The molecule has 2 aromatic carbocycles. The number of carbonyl (C=O) groups excluding carboxylic acids is 2. The van der Waals surface area contributed by atoms with Crippen LogP contribution in [0.3, 0.4) is 0 Å². The summed E-state index contributed by atoms with van der Waals surface area (Å²) < 4.78 is 10.6. The minimum absolute atomic E-state index is 0.0790. The van der Waals surface area contributed by atoms with Crippen LogP contribution in [0.2, 0.25) is 0 Å². The number of likely N-dealkylation sites (N-methyl/N-ethyl adjacent to an activating group) is 1. The van der Waals surface area contributed by atoms with E-state index in [4.69, 9.17) is 9.47 Å². The molecule has 0 radical (unpaired) electrons. The van der Waals surface area contributed by atoms with Crippen molar-refractivity contribution >= 4 is 28.9 Å². The zero-order valence-corrected chi connectivity index (χ0v) is 18.8. The number of benzene rings is 2. The average molecular weight is 439 g/mol. The first-order chi connectivity index (χ1) is 15.5. The van der Waals surface area contributed by atoms with E-state index in [-0.39, 0.29) is 18.2 Å². The summed E-state index contributed by atoms with van der Waals surface area (Å²) in [6, 6.07) is 13.2. The van der Waals surface area contributed by atoms with Crippen LogP contribution in [0.25, 0.3) is 0 Å². The second-order valence-electron chi connectivity index (χ2n) is 8.24. The Bertz CT molecular complexity index is 988. The van der Waals surface area contributed by atoms with Gasteiger partial charge in [0.1, 0.15) is 0 Å². The molecule has 2 aromatic rings. The standard InChI is InChI=1S/C24H30N4O4/c1-26-10-12-27(13-11-26)20-7-5-4-6-19(20)25-24(30)17-14-23(29)28(16-17)18-8-9-21(31-2)22(15-18)32-3/h4-9,15,17H,10-14,16H2,1-3H3,(H,25,30). The Morgan fingerprint density at radius 3 is 2.44 bits per heavy atom. The maximum Gasteiger partial charge on any atom is 0.229 e. The molecule has 4 rings (SSSR count). The highest BCUT2D eigenvalue weighted by atomic mass is 16.5. The highest BCUT2D eigenvalue weighted by molar-refractivity contribution is 6.04. The zero-order chi connectivity index (χ0) is 22.7. The van der Waals surface area contributed by atoms with Gasteiger partial charge < -0.3 is 29.5 Å². The number of hydrogen-bond acceptors (Lipinski definition) is 6. The Hall–Kier alpha value is -3.26. The number of amides is 2. The van der Waals surface area contributed by atoms with Gasteiger partial charge in [0.2, 0.25) is 11.8 Å². The highest BCUT2D eigenvalue weighted by Crippen LogP contribution is 2.35. The first-order valence-corrected chi connectivity index (χ1v) is 10.9. The molecule has 2 amide bonds. The molecule has 0 aromatic heterocycles. The lowest BCUT2D eigenvalue weighted by molar-refractivity contribution is -0.122. The first-order valence-electron chi connectivity index (χ1n) is 10.9. The van der Waals surface area contributed by atoms with E-state index in [0.29, 0.717) is 23.7 Å². The predicted molar refractivity (Wildman–Crippen MR) is 125 cm³/mol. The molecule has 8 nitrogen and oxygen atoms in total. The van der Waals surface area contributed by atoms with E-state index in [9.17, 15) is 9.59 Å². The van der Waals surface area contributed by atoms with Crippen molar-refractivity contribution in [2.75, 3.05) is 69.1 Å². The maximum absolute atomic E-state index is 13.1. The number of rotatable bonds is 6. The molecular formula is C24H30N4O4. The van der Waals surface area contributed by atoms with Crippen LogP contribution >= 0.6 is 0 Å². The number of piperazine rings is 1. The first kappa shape index (κ1) is 22.0. The summed E-state index contributed by atoms with van der Waals surface area (Å²) in [5.41, 5.74) is 2.51. The van der Waals surface area contributed by atoms with Gasteiger partial charge in [0.05, 0.1) is 31.5 Å². The number of nitrogens with one attached hydrogen (secondary N) is 1. The quantitative estimate of drug-likeness (QED) is 0.747. The molecule has 2 fully saturated rings. The summed E-state index contributed by atoms with van der Waals surface area (Å²) in [6.45, 7) is 4.13. The van der Waals surface area contributed by atoms with Crippen LogP contribution in [-0.2, 0) is 9.59 Å². The Labute approximate surface area is 188 Å². The number of nitrogens with zero attached hydrogens (tertiary/aromatic N) is 3.